The van der Waals surface area contributed by atoms with Gasteiger partial charge in [-0.15, -0.1) is 0 Å². The molecule has 1 atom stereocenters. The van der Waals surface area contributed by atoms with Crippen molar-refractivity contribution >= 4 is 11.8 Å². The van der Waals surface area contributed by atoms with Crippen LogP contribution in [0.25, 0.3) is 0 Å². The molecule has 1 aromatic rings. The molecular formula is C21H33N3O3. The lowest BCUT2D eigenvalue weighted by molar-refractivity contribution is -0.137. The first-order valence-corrected chi connectivity index (χ1v) is 9.93. The maximum absolute atomic E-state index is 12.5. The first-order valence-electron chi connectivity index (χ1n) is 9.93. The van der Waals surface area contributed by atoms with Gasteiger partial charge in [0.15, 0.2) is 0 Å². The Kier molecular flexibility index (Phi) is 8.10. The number of likely N-dealkylation sites (tertiary alicyclic amines) is 1. The van der Waals surface area contributed by atoms with Gasteiger partial charge in [0.1, 0.15) is 5.75 Å². The van der Waals surface area contributed by atoms with Crippen LogP contribution < -0.4 is 10.1 Å². The Hall–Kier alpha value is -2.08. The predicted octanol–water partition coefficient (Wildman–Crippen LogP) is 2.28. The molecule has 150 valence electrons. The highest BCUT2D eigenvalue weighted by molar-refractivity contribution is 5.81. The third-order valence-corrected chi connectivity index (χ3v) is 5.48. The molecule has 1 saturated heterocycles. The van der Waals surface area contributed by atoms with E-state index in [4.69, 9.17) is 4.74 Å². The number of piperidine rings is 1. The zero-order valence-corrected chi connectivity index (χ0v) is 17.0. The standard InChI is InChI=1S/C21H33N3O3/c1-5-23(6-2)21(26)18-10-12-24(13-11-18)16(3)20(25)22-15-17-8-7-9-19(14-17)27-4/h7-9,14,16,18H,5-6,10-13,15H2,1-4H3,(H,22,25). The molecule has 1 aromatic carbocycles. The molecule has 1 fully saturated rings. The van der Waals surface area contributed by atoms with E-state index in [1.54, 1.807) is 7.11 Å². The number of hydrogen-bond donors (Lipinski definition) is 1. The fourth-order valence-corrected chi connectivity index (χ4v) is 3.61. The molecule has 0 aromatic heterocycles. The SMILES string of the molecule is CCN(CC)C(=O)C1CCN(C(C)C(=O)NCc2cccc(OC)c2)CC1. The highest BCUT2D eigenvalue weighted by atomic mass is 16.5. The molecule has 1 heterocycles. The average Bonchev–Trinajstić information content (AvgIpc) is 2.72. The van der Waals surface area contributed by atoms with Gasteiger partial charge in [0.25, 0.3) is 0 Å². The minimum absolute atomic E-state index is 0.0198. The van der Waals surface area contributed by atoms with Crippen molar-refractivity contribution in [3.8, 4) is 5.75 Å². The van der Waals surface area contributed by atoms with E-state index in [1.165, 1.54) is 0 Å². The van der Waals surface area contributed by atoms with Crippen LogP contribution in [0, 0.1) is 5.92 Å². The normalized spacial score (nSPS) is 16.6. The Labute approximate surface area is 162 Å². The van der Waals surface area contributed by atoms with Crippen LogP contribution in [-0.2, 0) is 16.1 Å². The number of rotatable bonds is 8. The van der Waals surface area contributed by atoms with Crippen LogP contribution in [0.2, 0.25) is 0 Å². The molecule has 0 aliphatic carbocycles. The van der Waals surface area contributed by atoms with Gasteiger partial charge in [0.2, 0.25) is 11.8 Å². The minimum Gasteiger partial charge on any atom is -0.497 e. The zero-order chi connectivity index (χ0) is 19.8. The highest BCUT2D eigenvalue weighted by Crippen LogP contribution is 2.21. The minimum atomic E-state index is -0.194. The van der Waals surface area contributed by atoms with Crippen LogP contribution in [0.15, 0.2) is 24.3 Å². The summed E-state index contributed by atoms with van der Waals surface area (Å²) in [5, 5.41) is 3.01. The van der Waals surface area contributed by atoms with Gasteiger partial charge in [-0.1, -0.05) is 12.1 Å². The van der Waals surface area contributed by atoms with Crippen molar-refractivity contribution in [2.24, 2.45) is 5.92 Å². The first kappa shape index (κ1) is 21.2. The van der Waals surface area contributed by atoms with E-state index in [2.05, 4.69) is 10.2 Å². The van der Waals surface area contributed by atoms with Crippen LogP contribution in [0.5, 0.6) is 5.75 Å². The second-order valence-electron chi connectivity index (χ2n) is 7.07. The first-order chi connectivity index (χ1) is 13.0. The van der Waals surface area contributed by atoms with Crippen molar-refractivity contribution in [2.45, 2.75) is 46.2 Å². The van der Waals surface area contributed by atoms with Crippen molar-refractivity contribution in [1.82, 2.24) is 15.1 Å². The summed E-state index contributed by atoms with van der Waals surface area (Å²) in [5.74, 6) is 1.16. The van der Waals surface area contributed by atoms with Gasteiger partial charge >= 0.3 is 0 Å². The second-order valence-corrected chi connectivity index (χ2v) is 7.07. The maximum Gasteiger partial charge on any atom is 0.237 e. The largest absolute Gasteiger partial charge is 0.497 e. The number of ether oxygens (including phenoxy) is 1. The summed E-state index contributed by atoms with van der Waals surface area (Å²) in [4.78, 5) is 29.1. The van der Waals surface area contributed by atoms with Gasteiger partial charge in [-0.3, -0.25) is 14.5 Å². The van der Waals surface area contributed by atoms with Crippen LogP contribution in [0.3, 0.4) is 0 Å². The van der Waals surface area contributed by atoms with Gasteiger partial charge in [-0.2, -0.15) is 0 Å². The quantitative estimate of drug-likeness (QED) is 0.757. The number of methoxy groups -OCH3 is 1. The summed E-state index contributed by atoms with van der Waals surface area (Å²) in [7, 11) is 1.63. The van der Waals surface area contributed by atoms with Crippen LogP contribution in [-0.4, -0.2) is 60.9 Å². The summed E-state index contributed by atoms with van der Waals surface area (Å²) in [5.41, 5.74) is 1.01. The molecule has 27 heavy (non-hydrogen) atoms. The molecule has 6 nitrogen and oxygen atoms in total. The van der Waals surface area contributed by atoms with Gasteiger partial charge in [0, 0.05) is 25.6 Å². The van der Waals surface area contributed by atoms with Crippen LogP contribution in [0.1, 0.15) is 39.2 Å². The molecule has 1 aliphatic rings. The van der Waals surface area contributed by atoms with E-state index >= 15 is 0 Å². The highest BCUT2D eigenvalue weighted by Gasteiger charge is 2.31. The van der Waals surface area contributed by atoms with E-state index in [-0.39, 0.29) is 23.8 Å². The van der Waals surface area contributed by atoms with E-state index in [0.717, 1.165) is 50.3 Å². The molecule has 6 heteroatoms. The number of benzene rings is 1. The van der Waals surface area contributed by atoms with Crippen molar-refractivity contribution in [2.75, 3.05) is 33.3 Å². The molecule has 0 saturated carbocycles. The fourth-order valence-electron chi connectivity index (χ4n) is 3.61. The Morgan fingerprint density at radius 1 is 1.26 bits per heavy atom. The molecule has 1 N–H and O–H groups in total. The summed E-state index contributed by atoms with van der Waals surface area (Å²) in [6.07, 6.45) is 1.64. The van der Waals surface area contributed by atoms with E-state index < -0.39 is 0 Å². The summed E-state index contributed by atoms with van der Waals surface area (Å²) >= 11 is 0. The zero-order valence-electron chi connectivity index (χ0n) is 17.0. The predicted molar refractivity (Wildman–Crippen MR) is 107 cm³/mol. The number of carbonyl (C=O) groups is 2. The number of nitrogens with zero attached hydrogens (tertiary/aromatic N) is 2. The maximum atomic E-state index is 12.5. The second kappa shape index (κ2) is 10.3. The van der Waals surface area contributed by atoms with Crippen molar-refractivity contribution < 1.29 is 14.3 Å². The van der Waals surface area contributed by atoms with Crippen LogP contribution >= 0.6 is 0 Å². The lowest BCUT2D eigenvalue weighted by Crippen LogP contribution is -2.50. The van der Waals surface area contributed by atoms with Gasteiger partial charge < -0.3 is 15.0 Å². The molecule has 2 amide bonds. The fraction of sp³-hybridized carbons (Fsp3) is 0.619. The van der Waals surface area contributed by atoms with E-state index in [0.29, 0.717) is 6.54 Å². The third kappa shape index (κ3) is 5.70. The molecule has 1 unspecified atom stereocenters. The third-order valence-electron chi connectivity index (χ3n) is 5.48. The average molecular weight is 376 g/mol. The lowest BCUT2D eigenvalue weighted by Gasteiger charge is -2.36. The Balaban J connectivity index is 1.81. The molecule has 0 bridgehead atoms. The number of carbonyl (C=O) groups excluding carboxylic acids is 2. The Morgan fingerprint density at radius 3 is 2.52 bits per heavy atom. The molecule has 0 radical (unpaired) electrons. The smallest absolute Gasteiger partial charge is 0.237 e. The number of nitrogens with one attached hydrogen (secondary N) is 1. The van der Waals surface area contributed by atoms with Crippen LogP contribution in [0.4, 0.5) is 0 Å². The molecule has 1 aliphatic heterocycles. The molecule has 0 spiro atoms. The summed E-state index contributed by atoms with van der Waals surface area (Å²) < 4.78 is 5.21. The van der Waals surface area contributed by atoms with Crippen molar-refractivity contribution in [3.05, 3.63) is 29.8 Å². The monoisotopic (exact) mass is 375 g/mol. The summed E-state index contributed by atoms with van der Waals surface area (Å²) in [6, 6.07) is 7.51. The number of amides is 2. The van der Waals surface area contributed by atoms with E-state index in [9.17, 15) is 9.59 Å². The number of hydrogen-bond acceptors (Lipinski definition) is 4. The molecule has 2 rings (SSSR count). The topological polar surface area (TPSA) is 61.9 Å². The lowest BCUT2D eigenvalue weighted by atomic mass is 9.94. The van der Waals surface area contributed by atoms with Gasteiger partial charge in [-0.05, 0) is 64.4 Å². The van der Waals surface area contributed by atoms with Gasteiger partial charge in [-0.25, -0.2) is 0 Å². The van der Waals surface area contributed by atoms with Crippen molar-refractivity contribution in [3.63, 3.8) is 0 Å². The summed E-state index contributed by atoms with van der Waals surface area (Å²) in [6.45, 7) is 9.55. The van der Waals surface area contributed by atoms with E-state index in [1.807, 2.05) is 49.9 Å². The molecular weight excluding hydrogens is 342 g/mol. The Bertz CT molecular complexity index is 623. The van der Waals surface area contributed by atoms with Gasteiger partial charge in [0.05, 0.1) is 13.2 Å². The Morgan fingerprint density at radius 2 is 1.93 bits per heavy atom. The van der Waals surface area contributed by atoms with Crippen molar-refractivity contribution in [1.29, 1.82) is 0 Å².